The highest BCUT2D eigenvalue weighted by molar-refractivity contribution is 7.92. The number of nitrogens with zero attached hydrogens (tertiary/aromatic N) is 2. The van der Waals surface area contributed by atoms with Crippen LogP contribution in [0.25, 0.3) is 0 Å². The Morgan fingerprint density at radius 3 is 2.00 bits per heavy atom. The van der Waals surface area contributed by atoms with Crippen molar-refractivity contribution in [1.29, 1.82) is 0 Å². The standard InChI is InChI=1S/C37H43N3O5S/c1-5-29(3)38-37(42)35(24-30-15-8-6-9-16-30)39(25-32-19-13-12-14-28(32)2)36(41)26-40(46(4,43)44)33-20-22-34(23-21-33)45-27-31-17-10-7-11-18-31/h6-23,29,35H,5,24-27H2,1-4H3,(H,38,42)/t29-,35+/m1/s1. The Morgan fingerprint density at radius 2 is 1.41 bits per heavy atom. The number of nitrogens with one attached hydrogen (secondary N) is 1. The second-order valence-electron chi connectivity index (χ2n) is 11.5. The minimum atomic E-state index is -3.88. The molecular formula is C37H43N3O5S. The van der Waals surface area contributed by atoms with E-state index in [0.29, 0.717) is 18.0 Å². The predicted molar refractivity (Wildman–Crippen MR) is 183 cm³/mol. The number of amides is 2. The predicted octanol–water partition coefficient (Wildman–Crippen LogP) is 5.89. The summed E-state index contributed by atoms with van der Waals surface area (Å²) in [6, 6.07) is 32.6. The van der Waals surface area contributed by atoms with Crippen molar-refractivity contribution in [2.75, 3.05) is 17.1 Å². The number of aryl methyl sites for hydroxylation is 1. The van der Waals surface area contributed by atoms with Gasteiger partial charge < -0.3 is 15.0 Å². The molecular weight excluding hydrogens is 598 g/mol. The number of carbonyl (C=O) groups is 2. The first-order chi connectivity index (χ1) is 22.0. The second-order valence-corrected chi connectivity index (χ2v) is 13.4. The largest absolute Gasteiger partial charge is 0.489 e. The molecule has 242 valence electrons. The maximum Gasteiger partial charge on any atom is 0.244 e. The Kier molecular flexibility index (Phi) is 12.0. The lowest BCUT2D eigenvalue weighted by Crippen LogP contribution is -2.54. The third-order valence-electron chi connectivity index (χ3n) is 7.93. The number of hydrogen-bond acceptors (Lipinski definition) is 5. The van der Waals surface area contributed by atoms with Gasteiger partial charge in [0.1, 0.15) is 24.9 Å². The molecule has 0 fully saturated rings. The van der Waals surface area contributed by atoms with E-state index in [-0.39, 0.29) is 24.9 Å². The quantitative estimate of drug-likeness (QED) is 0.175. The molecule has 0 aliphatic carbocycles. The summed E-state index contributed by atoms with van der Waals surface area (Å²) in [5.74, 6) is -0.206. The SMILES string of the molecule is CC[C@@H](C)NC(=O)[C@H](Cc1ccccc1)N(Cc1ccccc1C)C(=O)CN(c1ccc(OCc2ccccc2)cc1)S(C)(=O)=O. The molecule has 46 heavy (non-hydrogen) atoms. The van der Waals surface area contributed by atoms with Crippen LogP contribution < -0.4 is 14.4 Å². The van der Waals surface area contributed by atoms with Crippen LogP contribution in [0.4, 0.5) is 5.69 Å². The van der Waals surface area contributed by atoms with Gasteiger partial charge in [-0.25, -0.2) is 8.42 Å². The molecule has 2 amide bonds. The number of ether oxygens (including phenoxy) is 1. The van der Waals surface area contributed by atoms with Crippen molar-refractivity contribution in [2.24, 2.45) is 0 Å². The molecule has 0 saturated carbocycles. The molecule has 4 rings (SSSR count). The van der Waals surface area contributed by atoms with E-state index in [1.807, 2.05) is 106 Å². The summed E-state index contributed by atoms with van der Waals surface area (Å²) in [5.41, 5.74) is 4.05. The smallest absolute Gasteiger partial charge is 0.244 e. The van der Waals surface area contributed by atoms with Crippen molar-refractivity contribution in [3.63, 3.8) is 0 Å². The monoisotopic (exact) mass is 641 g/mol. The topological polar surface area (TPSA) is 96.0 Å². The number of sulfonamides is 1. The molecule has 4 aromatic rings. The molecule has 0 aliphatic rings. The van der Waals surface area contributed by atoms with Crippen molar-refractivity contribution < 1.29 is 22.7 Å². The Bertz CT molecular complexity index is 1680. The normalized spacial score (nSPS) is 12.5. The van der Waals surface area contributed by atoms with E-state index in [4.69, 9.17) is 4.74 Å². The van der Waals surface area contributed by atoms with Gasteiger partial charge in [0.15, 0.2) is 0 Å². The number of anilines is 1. The minimum absolute atomic E-state index is 0.101. The highest BCUT2D eigenvalue weighted by atomic mass is 32.2. The van der Waals surface area contributed by atoms with Gasteiger partial charge in [-0.15, -0.1) is 0 Å². The van der Waals surface area contributed by atoms with Gasteiger partial charge in [-0.3, -0.25) is 13.9 Å². The second kappa shape index (κ2) is 16.1. The fourth-order valence-electron chi connectivity index (χ4n) is 5.03. The summed E-state index contributed by atoms with van der Waals surface area (Å²) < 4.78 is 33.2. The van der Waals surface area contributed by atoms with Crippen LogP contribution in [0.3, 0.4) is 0 Å². The van der Waals surface area contributed by atoms with E-state index in [2.05, 4.69) is 5.32 Å². The number of rotatable bonds is 15. The maximum absolute atomic E-state index is 14.3. The van der Waals surface area contributed by atoms with Crippen molar-refractivity contribution >= 4 is 27.5 Å². The fraction of sp³-hybridized carbons (Fsp3) is 0.297. The molecule has 0 saturated heterocycles. The van der Waals surface area contributed by atoms with Gasteiger partial charge in [-0.1, -0.05) is 91.9 Å². The number of carbonyl (C=O) groups excluding carboxylic acids is 2. The minimum Gasteiger partial charge on any atom is -0.489 e. The molecule has 0 heterocycles. The maximum atomic E-state index is 14.3. The van der Waals surface area contributed by atoms with Crippen LogP contribution in [0.2, 0.25) is 0 Å². The Balaban J connectivity index is 1.65. The van der Waals surface area contributed by atoms with E-state index in [9.17, 15) is 18.0 Å². The van der Waals surface area contributed by atoms with Crippen LogP contribution >= 0.6 is 0 Å². The number of benzene rings is 4. The lowest BCUT2D eigenvalue weighted by molar-refractivity contribution is -0.140. The average molecular weight is 642 g/mol. The third-order valence-corrected chi connectivity index (χ3v) is 9.07. The van der Waals surface area contributed by atoms with E-state index >= 15 is 0 Å². The zero-order chi connectivity index (χ0) is 33.1. The van der Waals surface area contributed by atoms with E-state index in [1.165, 1.54) is 4.90 Å². The van der Waals surface area contributed by atoms with Gasteiger partial charge in [0.25, 0.3) is 0 Å². The molecule has 0 unspecified atom stereocenters. The first-order valence-corrected chi connectivity index (χ1v) is 17.3. The lowest BCUT2D eigenvalue weighted by Gasteiger charge is -2.34. The van der Waals surface area contributed by atoms with Crippen molar-refractivity contribution in [1.82, 2.24) is 10.2 Å². The molecule has 0 aromatic heterocycles. The van der Waals surface area contributed by atoms with Gasteiger partial charge in [0, 0.05) is 19.0 Å². The third kappa shape index (κ3) is 9.68. The fourth-order valence-corrected chi connectivity index (χ4v) is 5.88. The Hall–Kier alpha value is -4.63. The van der Waals surface area contributed by atoms with E-state index in [1.54, 1.807) is 24.3 Å². The van der Waals surface area contributed by atoms with Gasteiger partial charge in [-0.2, -0.15) is 0 Å². The lowest BCUT2D eigenvalue weighted by atomic mass is 10.0. The van der Waals surface area contributed by atoms with Crippen LogP contribution in [0.5, 0.6) is 5.75 Å². The first-order valence-electron chi connectivity index (χ1n) is 15.5. The highest BCUT2D eigenvalue weighted by Crippen LogP contribution is 2.24. The summed E-state index contributed by atoms with van der Waals surface area (Å²) >= 11 is 0. The summed E-state index contributed by atoms with van der Waals surface area (Å²) in [4.78, 5) is 29.7. The molecule has 1 N–H and O–H groups in total. The zero-order valence-electron chi connectivity index (χ0n) is 26.9. The van der Waals surface area contributed by atoms with E-state index in [0.717, 1.165) is 39.2 Å². The van der Waals surface area contributed by atoms with Crippen molar-refractivity contribution in [3.05, 3.63) is 131 Å². The van der Waals surface area contributed by atoms with Crippen LogP contribution in [-0.2, 0) is 39.2 Å². The highest BCUT2D eigenvalue weighted by Gasteiger charge is 2.33. The summed E-state index contributed by atoms with van der Waals surface area (Å²) in [5, 5.41) is 3.05. The van der Waals surface area contributed by atoms with Crippen LogP contribution in [0.15, 0.2) is 109 Å². The van der Waals surface area contributed by atoms with Crippen molar-refractivity contribution in [2.45, 2.75) is 58.8 Å². The zero-order valence-corrected chi connectivity index (χ0v) is 27.7. The molecule has 0 spiro atoms. The van der Waals surface area contributed by atoms with Crippen LogP contribution in [-0.4, -0.2) is 50.0 Å². The van der Waals surface area contributed by atoms with Crippen LogP contribution in [0, 0.1) is 6.92 Å². The van der Waals surface area contributed by atoms with Gasteiger partial charge in [0.05, 0.1) is 11.9 Å². The van der Waals surface area contributed by atoms with Crippen molar-refractivity contribution in [3.8, 4) is 5.75 Å². The summed E-state index contributed by atoms with van der Waals surface area (Å²) in [6.07, 6.45) is 2.07. The number of hydrogen-bond donors (Lipinski definition) is 1. The molecule has 4 aromatic carbocycles. The molecule has 0 radical (unpaired) electrons. The Morgan fingerprint density at radius 1 is 0.826 bits per heavy atom. The average Bonchev–Trinajstić information content (AvgIpc) is 3.05. The summed E-state index contributed by atoms with van der Waals surface area (Å²) in [7, 11) is -3.88. The molecule has 2 atom stereocenters. The molecule has 0 aliphatic heterocycles. The van der Waals surface area contributed by atoms with Gasteiger partial charge in [-0.05, 0) is 66.8 Å². The first kappa shape index (κ1) is 34.2. The summed E-state index contributed by atoms with van der Waals surface area (Å²) in [6.45, 7) is 5.88. The molecule has 8 nitrogen and oxygen atoms in total. The van der Waals surface area contributed by atoms with Crippen LogP contribution in [0.1, 0.15) is 42.5 Å². The molecule has 0 bridgehead atoms. The Labute approximate surface area is 273 Å². The molecule has 9 heteroatoms. The van der Waals surface area contributed by atoms with Gasteiger partial charge in [0.2, 0.25) is 21.8 Å². The van der Waals surface area contributed by atoms with E-state index < -0.39 is 28.5 Å². The van der Waals surface area contributed by atoms with Gasteiger partial charge >= 0.3 is 0 Å².